The summed E-state index contributed by atoms with van der Waals surface area (Å²) in [6, 6.07) is 2.39. The fraction of sp³-hybridized carbons (Fsp3) is 0.444. The topological polar surface area (TPSA) is 44.9 Å². The Morgan fingerprint density at radius 1 is 1.67 bits per heavy atom. The first-order valence-corrected chi connectivity index (χ1v) is 4.25. The largest absolute Gasteiger partial charge is 0.367 e. The lowest BCUT2D eigenvalue weighted by molar-refractivity contribution is -0.120. The third-order valence-electron chi connectivity index (χ3n) is 1.97. The first-order valence-electron chi connectivity index (χ1n) is 4.25. The Bertz CT molecular complexity index is 262. The first-order chi connectivity index (χ1) is 5.84. The quantitative estimate of drug-likeness (QED) is 0.683. The summed E-state index contributed by atoms with van der Waals surface area (Å²) in [5, 5.41) is 2.94. The van der Waals surface area contributed by atoms with Crippen molar-refractivity contribution in [3.05, 3.63) is 24.0 Å². The number of carbonyl (C=O) groups is 1. The van der Waals surface area contributed by atoms with Gasteiger partial charge in [-0.3, -0.25) is 4.79 Å². The third-order valence-corrected chi connectivity index (χ3v) is 1.97. The lowest BCUT2D eigenvalue weighted by atomic mass is 10.2. The van der Waals surface area contributed by atoms with Gasteiger partial charge < -0.3 is 10.3 Å². The number of H-pyrrole nitrogens is 1. The van der Waals surface area contributed by atoms with Crippen molar-refractivity contribution in [1.82, 2.24) is 10.3 Å². The lowest BCUT2D eigenvalue weighted by Crippen LogP contribution is -2.26. The number of amides is 1. The van der Waals surface area contributed by atoms with Gasteiger partial charge in [-0.2, -0.15) is 0 Å². The summed E-state index contributed by atoms with van der Waals surface area (Å²) in [6.07, 6.45) is 6.49. The minimum atomic E-state index is 0.136. The van der Waals surface area contributed by atoms with Gasteiger partial charge in [0, 0.05) is 18.4 Å². The van der Waals surface area contributed by atoms with Crippen molar-refractivity contribution in [3.63, 3.8) is 0 Å². The van der Waals surface area contributed by atoms with Crippen molar-refractivity contribution in [3.8, 4) is 0 Å². The van der Waals surface area contributed by atoms with E-state index in [4.69, 9.17) is 0 Å². The van der Waals surface area contributed by atoms with Crippen LogP contribution in [0.15, 0.2) is 18.5 Å². The zero-order chi connectivity index (χ0) is 8.39. The zero-order valence-corrected chi connectivity index (χ0v) is 6.84. The van der Waals surface area contributed by atoms with E-state index in [-0.39, 0.29) is 5.91 Å². The van der Waals surface area contributed by atoms with Crippen LogP contribution < -0.4 is 5.32 Å². The minimum absolute atomic E-state index is 0.136. The molecule has 0 saturated heterocycles. The van der Waals surface area contributed by atoms with E-state index in [1.165, 1.54) is 0 Å². The van der Waals surface area contributed by atoms with Crippen molar-refractivity contribution in [2.24, 2.45) is 0 Å². The number of aromatic amines is 1. The molecule has 0 spiro atoms. The highest BCUT2D eigenvalue weighted by Crippen LogP contribution is 2.18. The van der Waals surface area contributed by atoms with Gasteiger partial charge in [-0.25, -0.2) is 0 Å². The van der Waals surface area contributed by atoms with Crippen molar-refractivity contribution in [2.45, 2.75) is 25.3 Å². The molecule has 1 amide bonds. The average molecular weight is 164 g/mol. The Balaban J connectivity index is 1.82. The third kappa shape index (κ3) is 1.87. The minimum Gasteiger partial charge on any atom is -0.367 e. The van der Waals surface area contributed by atoms with Gasteiger partial charge in [-0.1, -0.05) is 0 Å². The Labute approximate surface area is 71.2 Å². The molecule has 1 fully saturated rings. The van der Waals surface area contributed by atoms with E-state index in [1.54, 1.807) is 0 Å². The maximum absolute atomic E-state index is 11.2. The lowest BCUT2D eigenvalue weighted by Gasteiger charge is -2.00. The molecular weight excluding hydrogens is 152 g/mol. The average Bonchev–Trinajstić information content (AvgIpc) is 2.66. The molecule has 0 aromatic carbocycles. The van der Waals surface area contributed by atoms with E-state index < -0.39 is 0 Å². The van der Waals surface area contributed by atoms with Crippen LogP contribution in [-0.4, -0.2) is 16.9 Å². The van der Waals surface area contributed by atoms with Crippen LogP contribution in [0.3, 0.4) is 0 Å². The molecule has 3 nitrogen and oxygen atoms in total. The number of carbonyl (C=O) groups excluding carboxylic acids is 1. The standard InChI is InChI=1S/C9H12N2O/c12-9(11-8-1-2-8)5-7-3-4-10-6-7/h3-4,6,8,10H,1-2,5H2,(H,11,12). The van der Waals surface area contributed by atoms with Crippen LogP contribution in [0, 0.1) is 0 Å². The van der Waals surface area contributed by atoms with Crippen molar-refractivity contribution < 1.29 is 4.79 Å². The number of hydrogen-bond acceptors (Lipinski definition) is 1. The van der Waals surface area contributed by atoms with Gasteiger partial charge in [0.15, 0.2) is 0 Å². The molecule has 0 radical (unpaired) electrons. The molecule has 2 N–H and O–H groups in total. The van der Waals surface area contributed by atoms with Gasteiger partial charge >= 0.3 is 0 Å². The molecule has 2 rings (SSSR count). The summed E-state index contributed by atoms with van der Waals surface area (Å²) in [6.45, 7) is 0. The molecular formula is C9H12N2O. The second-order valence-electron chi connectivity index (χ2n) is 3.24. The Hall–Kier alpha value is -1.25. The first kappa shape index (κ1) is 7.40. The second kappa shape index (κ2) is 3.01. The summed E-state index contributed by atoms with van der Waals surface area (Å²) in [5.41, 5.74) is 1.05. The van der Waals surface area contributed by atoms with E-state index in [2.05, 4.69) is 10.3 Å². The predicted octanol–water partition coefficient (Wildman–Crippen LogP) is 0.836. The molecule has 1 aromatic heterocycles. The van der Waals surface area contributed by atoms with Crippen molar-refractivity contribution in [1.29, 1.82) is 0 Å². The number of hydrogen-bond donors (Lipinski definition) is 2. The molecule has 1 aliphatic carbocycles. The van der Waals surface area contributed by atoms with E-state index >= 15 is 0 Å². The highest BCUT2D eigenvalue weighted by molar-refractivity contribution is 5.79. The van der Waals surface area contributed by atoms with Gasteiger partial charge in [0.2, 0.25) is 5.91 Å². The second-order valence-corrected chi connectivity index (χ2v) is 3.24. The maximum atomic E-state index is 11.2. The monoisotopic (exact) mass is 164 g/mol. The highest BCUT2D eigenvalue weighted by atomic mass is 16.1. The molecule has 0 aliphatic heterocycles. The van der Waals surface area contributed by atoms with Crippen LogP contribution >= 0.6 is 0 Å². The summed E-state index contributed by atoms with van der Waals surface area (Å²) in [5.74, 6) is 0.136. The van der Waals surface area contributed by atoms with Crippen LogP contribution in [0.25, 0.3) is 0 Å². The molecule has 1 aromatic rings. The maximum Gasteiger partial charge on any atom is 0.224 e. The molecule has 0 atom stereocenters. The van der Waals surface area contributed by atoms with E-state index in [1.807, 2.05) is 18.5 Å². The molecule has 0 unspecified atom stereocenters. The summed E-state index contributed by atoms with van der Waals surface area (Å²) in [4.78, 5) is 14.2. The van der Waals surface area contributed by atoms with Crippen molar-refractivity contribution >= 4 is 5.91 Å². The van der Waals surface area contributed by atoms with Gasteiger partial charge in [-0.15, -0.1) is 0 Å². The van der Waals surface area contributed by atoms with Crippen LogP contribution in [0.2, 0.25) is 0 Å². The Morgan fingerprint density at radius 3 is 3.08 bits per heavy atom. The number of rotatable bonds is 3. The molecule has 0 bridgehead atoms. The van der Waals surface area contributed by atoms with Crippen molar-refractivity contribution in [2.75, 3.05) is 0 Å². The Kier molecular flexibility index (Phi) is 1.86. The normalized spacial score (nSPS) is 16.0. The van der Waals surface area contributed by atoms with Crippen LogP contribution in [0.1, 0.15) is 18.4 Å². The fourth-order valence-corrected chi connectivity index (χ4v) is 1.16. The molecule has 1 heterocycles. The molecule has 1 saturated carbocycles. The van der Waals surface area contributed by atoms with Crippen LogP contribution in [0.5, 0.6) is 0 Å². The van der Waals surface area contributed by atoms with Gasteiger partial charge in [0.05, 0.1) is 6.42 Å². The molecule has 3 heteroatoms. The van der Waals surface area contributed by atoms with E-state index in [9.17, 15) is 4.79 Å². The van der Waals surface area contributed by atoms with Gasteiger partial charge in [-0.05, 0) is 24.5 Å². The molecule has 1 aliphatic rings. The van der Waals surface area contributed by atoms with Gasteiger partial charge in [0.25, 0.3) is 0 Å². The summed E-state index contributed by atoms with van der Waals surface area (Å²) < 4.78 is 0. The predicted molar refractivity (Wildman–Crippen MR) is 45.7 cm³/mol. The summed E-state index contributed by atoms with van der Waals surface area (Å²) >= 11 is 0. The number of nitrogens with one attached hydrogen (secondary N) is 2. The SMILES string of the molecule is O=C(Cc1cc[nH]c1)NC1CC1. The van der Waals surface area contributed by atoms with Crippen LogP contribution in [-0.2, 0) is 11.2 Å². The smallest absolute Gasteiger partial charge is 0.224 e. The van der Waals surface area contributed by atoms with E-state index in [0.717, 1.165) is 18.4 Å². The highest BCUT2D eigenvalue weighted by Gasteiger charge is 2.22. The van der Waals surface area contributed by atoms with Gasteiger partial charge in [0.1, 0.15) is 0 Å². The molecule has 12 heavy (non-hydrogen) atoms. The molecule has 64 valence electrons. The van der Waals surface area contributed by atoms with Crippen LogP contribution in [0.4, 0.5) is 0 Å². The summed E-state index contributed by atoms with van der Waals surface area (Å²) in [7, 11) is 0. The number of aromatic nitrogens is 1. The fourth-order valence-electron chi connectivity index (χ4n) is 1.16. The van der Waals surface area contributed by atoms with E-state index in [0.29, 0.717) is 12.5 Å². The zero-order valence-electron chi connectivity index (χ0n) is 6.84. The Morgan fingerprint density at radius 2 is 2.50 bits per heavy atom.